The molecule has 1 N–H and O–H groups in total. The van der Waals surface area contributed by atoms with Gasteiger partial charge in [0.1, 0.15) is 11.1 Å². The first-order valence-corrected chi connectivity index (χ1v) is 11.9. The first-order chi connectivity index (χ1) is 14.5. The molecule has 1 amide bonds. The fourth-order valence-electron chi connectivity index (χ4n) is 4.23. The summed E-state index contributed by atoms with van der Waals surface area (Å²) in [5.41, 5.74) is 1.50. The zero-order chi connectivity index (χ0) is 20.8. The largest absolute Gasteiger partial charge is 0.379 e. The van der Waals surface area contributed by atoms with Crippen molar-refractivity contribution in [3.05, 3.63) is 48.2 Å². The van der Waals surface area contributed by atoms with Gasteiger partial charge in [0.2, 0.25) is 0 Å². The Morgan fingerprint density at radius 1 is 1.10 bits per heavy atom. The van der Waals surface area contributed by atoms with Gasteiger partial charge in [0, 0.05) is 25.0 Å². The Morgan fingerprint density at radius 2 is 1.87 bits per heavy atom. The molecule has 3 aliphatic rings. The average Bonchev–Trinajstić information content (AvgIpc) is 3.46. The van der Waals surface area contributed by atoms with Gasteiger partial charge in [0.05, 0.1) is 23.7 Å². The summed E-state index contributed by atoms with van der Waals surface area (Å²) >= 11 is 0. The van der Waals surface area contributed by atoms with E-state index in [1.807, 2.05) is 0 Å². The predicted molar refractivity (Wildman–Crippen MR) is 114 cm³/mol. The summed E-state index contributed by atoms with van der Waals surface area (Å²) in [6.45, 7) is 2.26. The maximum atomic E-state index is 13.0. The molecule has 3 fully saturated rings. The number of hydrogen-bond acceptors (Lipinski definition) is 6. The number of amides is 1. The van der Waals surface area contributed by atoms with Crippen molar-refractivity contribution in [1.29, 1.82) is 0 Å². The molecule has 1 saturated carbocycles. The van der Waals surface area contributed by atoms with Gasteiger partial charge in [0.15, 0.2) is 9.84 Å². The number of carbonyl (C=O) groups excluding carboxylic acids is 1. The molecule has 1 spiro atoms. The van der Waals surface area contributed by atoms with Crippen LogP contribution in [0.2, 0.25) is 0 Å². The number of aromatic nitrogens is 1. The lowest BCUT2D eigenvalue weighted by Gasteiger charge is -2.33. The molecular weight excluding hydrogens is 402 g/mol. The lowest BCUT2D eigenvalue weighted by atomic mass is 9.93. The Morgan fingerprint density at radius 3 is 2.53 bits per heavy atom. The normalized spacial score (nSPS) is 20.6. The molecule has 0 atom stereocenters. The molecule has 158 valence electrons. The van der Waals surface area contributed by atoms with Crippen molar-refractivity contribution in [3.63, 3.8) is 0 Å². The molecule has 7 nitrogen and oxygen atoms in total. The number of carbonyl (C=O) groups is 1. The summed E-state index contributed by atoms with van der Waals surface area (Å²) in [5.74, 6) is 0.409. The van der Waals surface area contributed by atoms with Gasteiger partial charge in [-0.1, -0.05) is 6.07 Å². The van der Waals surface area contributed by atoms with Gasteiger partial charge >= 0.3 is 0 Å². The van der Waals surface area contributed by atoms with Gasteiger partial charge in [-0.25, -0.2) is 13.4 Å². The van der Waals surface area contributed by atoms with Crippen molar-refractivity contribution in [2.75, 3.05) is 36.5 Å². The van der Waals surface area contributed by atoms with Crippen LogP contribution in [0.3, 0.4) is 0 Å². The van der Waals surface area contributed by atoms with E-state index in [1.54, 1.807) is 36.5 Å². The number of nitrogens with one attached hydrogen (secondary N) is 1. The third-order valence-electron chi connectivity index (χ3n) is 6.58. The smallest absolute Gasteiger partial charge is 0.259 e. The second kappa shape index (κ2) is 7.35. The number of ether oxygens (including phenoxy) is 1. The van der Waals surface area contributed by atoms with Crippen LogP contribution < -0.4 is 10.2 Å². The Hall–Kier alpha value is -2.45. The molecular formula is C22H25N3O4S. The molecule has 1 aromatic carbocycles. The number of rotatable bonds is 5. The molecule has 0 unspecified atom stereocenters. The highest BCUT2D eigenvalue weighted by atomic mass is 32.2. The van der Waals surface area contributed by atoms with E-state index >= 15 is 0 Å². The third-order valence-corrected chi connectivity index (χ3v) is 8.64. The number of nitrogens with zero attached hydrogens (tertiary/aromatic N) is 2. The zero-order valence-electron chi connectivity index (χ0n) is 16.7. The first-order valence-electron chi connectivity index (χ1n) is 10.4. The van der Waals surface area contributed by atoms with Crippen LogP contribution in [0.1, 0.15) is 36.0 Å². The second-order valence-electron chi connectivity index (χ2n) is 8.55. The molecule has 0 bridgehead atoms. The highest BCUT2D eigenvalue weighted by molar-refractivity contribution is 7.92. The Labute approximate surface area is 176 Å². The van der Waals surface area contributed by atoms with Crippen molar-refractivity contribution in [2.45, 2.75) is 35.8 Å². The molecule has 5 rings (SSSR count). The van der Waals surface area contributed by atoms with Gasteiger partial charge in [0.25, 0.3) is 5.91 Å². The van der Waals surface area contributed by atoms with Crippen molar-refractivity contribution < 1.29 is 17.9 Å². The van der Waals surface area contributed by atoms with Crippen LogP contribution in [0.5, 0.6) is 0 Å². The van der Waals surface area contributed by atoms with Gasteiger partial charge in [-0.3, -0.25) is 4.79 Å². The maximum absolute atomic E-state index is 13.0. The average molecular weight is 428 g/mol. The maximum Gasteiger partial charge on any atom is 0.259 e. The minimum absolute atomic E-state index is 0.200. The van der Waals surface area contributed by atoms with Crippen LogP contribution in [0.15, 0.2) is 47.5 Å². The van der Waals surface area contributed by atoms with Gasteiger partial charge in [-0.15, -0.1) is 0 Å². The lowest BCUT2D eigenvalue weighted by molar-refractivity contribution is 0.0416. The van der Waals surface area contributed by atoms with Gasteiger partial charge < -0.3 is 15.0 Å². The molecule has 2 saturated heterocycles. The zero-order valence-corrected chi connectivity index (χ0v) is 17.5. The van der Waals surface area contributed by atoms with Crippen LogP contribution in [-0.4, -0.2) is 50.9 Å². The predicted octanol–water partition coefficient (Wildman–Crippen LogP) is 2.89. The van der Waals surface area contributed by atoms with Gasteiger partial charge in [-0.2, -0.15) is 0 Å². The number of benzene rings is 1. The molecule has 0 radical (unpaired) electrons. The minimum Gasteiger partial charge on any atom is -0.379 e. The van der Waals surface area contributed by atoms with E-state index in [4.69, 9.17) is 4.74 Å². The second-order valence-corrected chi connectivity index (χ2v) is 10.8. The summed E-state index contributed by atoms with van der Waals surface area (Å²) in [7, 11) is -3.45. The molecule has 2 aliphatic heterocycles. The van der Waals surface area contributed by atoms with Crippen molar-refractivity contribution in [2.24, 2.45) is 5.41 Å². The topological polar surface area (TPSA) is 88.6 Å². The SMILES string of the molecule is O=C(Nc1cccc(S(=O)(=O)C2COC2)c1)c1cccnc1N1CCC2(CC1)CC2. The number of piperidine rings is 1. The number of anilines is 2. The molecule has 2 aromatic rings. The van der Waals surface area contributed by atoms with Crippen molar-refractivity contribution >= 4 is 27.2 Å². The molecule has 1 aliphatic carbocycles. The van der Waals surface area contributed by atoms with Crippen LogP contribution >= 0.6 is 0 Å². The van der Waals surface area contributed by atoms with Crippen LogP contribution in [0.25, 0.3) is 0 Å². The monoisotopic (exact) mass is 427 g/mol. The van der Waals surface area contributed by atoms with Crippen LogP contribution in [0, 0.1) is 5.41 Å². The van der Waals surface area contributed by atoms with Gasteiger partial charge in [-0.05, 0) is 61.4 Å². The van der Waals surface area contributed by atoms with Crippen molar-refractivity contribution in [1.82, 2.24) is 4.98 Å². The first kappa shape index (κ1) is 19.5. The van der Waals surface area contributed by atoms with E-state index in [1.165, 1.54) is 18.9 Å². The van der Waals surface area contributed by atoms with E-state index in [9.17, 15) is 13.2 Å². The van der Waals surface area contributed by atoms with E-state index in [2.05, 4.69) is 15.2 Å². The number of pyridine rings is 1. The van der Waals surface area contributed by atoms with E-state index in [0.717, 1.165) is 25.9 Å². The minimum atomic E-state index is -3.45. The number of sulfone groups is 1. The summed E-state index contributed by atoms with van der Waals surface area (Å²) in [4.78, 5) is 19.9. The summed E-state index contributed by atoms with van der Waals surface area (Å²) in [5, 5.41) is 2.34. The molecule has 30 heavy (non-hydrogen) atoms. The van der Waals surface area contributed by atoms with Crippen molar-refractivity contribution in [3.8, 4) is 0 Å². The van der Waals surface area contributed by atoms with Crippen LogP contribution in [0.4, 0.5) is 11.5 Å². The standard InChI is InChI=1S/C22H25N3O4S/c26-21(24-16-3-1-4-17(13-16)30(27,28)18-14-29-15-18)19-5-2-10-23-20(19)25-11-8-22(6-7-22)9-12-25/h1-5,10,13,18H,6-9,11-12,14-15H2,(H,24,26). The summed E-state index contributed by atoms with van der Waals surface area (Å²) in [6, 6.07) is 9.93. The molecule has 1 aromatic heterocycles. The quantitative estimate of drug-likeness (QED) is 0.789. The lowest BCUT2D eigenvalue weighted by Crippen LogP contribution is -2.40. The molecule has 3 heterocycles. The highest BCUT2D eigenvalue weighted by Gasteiger charge is 2.44. The van der Waals surface area contributed by atoms with E-state index in [0.29, 0.717) is 22.5 Å². The fourth-order valence-corrected chi connectivity index (χ4v) is 5.73. The number of hydrogen-bond donors (Lipinski definition) is 1. The van der Waals surface area contributed by atoms with E-state index in [-0.39, 0.29) is 24.0 Å². The summed E-state index contributed by atoms with van der Waals surface area (Å²) in [6.07, 6.45) is 6.65. The molecule has 8 heteroatoms. The summed E-state index contributed by atoms with van der Waals surface area (Å²) < 4.78 is 30.3. The Balaban J connectivity index is 1.34. The third kappa shape index (κ3) is 3.58. The fraction of sp³-hybridized carbons (Fsp3) is 0.455. The highest BCUT2D eigenvalue weighted by Crippen LogP contribution is 2.53. The van der Waals surface area contributed by atoms with E-state index < -0.39 is 15.1 Å². The Bertz CT molecular complexity index is 1070. The van der Waals surface area contributed by atoms with Crippen LogP contribution in [-0.2, 0) is 14.6 Å². The Kier molecular flexibility index (Phi) is 4.78.